The van der Waals surface area contributed by atoms with Gasteiger partial charge in [0.15, 0.2) is 5.82 Å². The van der Waals surface area contributed by atoms with Gasteiger partial charge in [0.1, 0.15) is 0 Å². The van der Waals surface area contributed by atoms with Crippen molar-refractivity contribution in [3.8, 4) is 10.4 Å². The molecular weight excluding hydrogens is 377 g/mol. The van der Waals surface area contributed by atoms with E-state index in [9.17, 15) is 18.3 Å². The highest BCUT2D eigenvalue weighted by Crippen LogP contribution is 2.39. The first-order valence-electron chi connectivity index (χ1n) is 8.49. The largest absolute Gasteiger partial charge is 0.416 e. The van der Waals surface area contributed by atoms with E-state index in [2.05, 4.69) is 14.9 Å². The normalized spacial score (nSPS) is 16.2. The van der Waals surface area contributed by atoms with E-state index in [1.54, 1.807) is 0 Å². The first-order chi connectivity index (χ1) is 12.8. The molecule has 142 valence electrons. The standard InChI is InChI=1S/C18H17F3N4OS/c19-18(20,21)11-3-1-10(2-4-11)14-9-13-15(27-14)16(24-17(22)23-13)25-7-5-12(26)6-8-25/h1-4,9,12,26H,5-8H2,(H2,22,23,24). The molecule has 1 aliphatic heterocycles. The number of hydrogen-bond donors (Lipinski definition) is 2. The lowest BCUT2D eigenvalue weighted by Crippen LogP contribution is -2.36. The van der Waals surface area contributed by atoms with Crippen molar-refractivity contribution in [2.75, 3.05) is 23.7 Å². The van der Waals surface area contributed by atoms with Gasteiger partial charge in [-0.3, -0.25) is 0 Å². The summed E-state index contributed by atoms with van der Waals surface area (Å²) in [6, 6.07) is 6.89. The van der Waals surface area contributed by atoms with Crippen LogP contribution < -0.4 is 10.6 Å². The van der Waals surface area contributed by atoms with Crippen LogP contribution in [0.5, 0.6) is 0 Å². The fourth-order valence-electron chi connectivity index (χ4n) is 3.19. The van der Waals surface area contributed by atoms with Crippen molar-refractivity contribution in [1.82, 2.24) is 9.97 Å². The summed E-state index contributed by atoms with van der Waals surface area (Å²) >= 11 is 1.43. The zero-order valence-electron chi connectivity index (χ0n) is 14.2. The van der Waals surface area contributed by atoms with Crippen LogP contribution in [-0.2, 0) is 6.18 Å². The van der Waals surface area contributed by atoms with Crippen LogP contribution >= 0.6 is 11.3 Å². The van der Waals surface area contributed by atoms with Crippen LogP contribution in [0.3, 0.4) is 0 Å². The Hall–Kier alpha value is -2.39. The van der Waals surface area contributed by atoms with Crippen molar-refractivity contribution in [2.24, 2.45) is 0 Å². The molecule has 1 aliphatic rings. The predicted molar refractivity (Wildman–Crippen MR) is 99.7 cm³/mol. The molecule has 3 aromatic rings. The predicted octanol–water partition coefficient (Wildman–Crippen LogP) is 3.92. The number of alkyl halides is 3. The van der Waals surface area contributed by atoms with E-state index in [-0.39, 0.29) is 12.1 Å². The second-order valence-electron chi connectivity index (χ2n) is 6.52. The van der Waals surface area contributed by atoms with Crippen molar-refractivity contribution in [1.29, 1.82) is 0 Å². The summed E-state index contributed by atoms with van der Waals surface area (Å²) in [5.74, 6) is 0.868. The zero-order valence-corrected chi connectivity index (χ0v) is 15.0. The maximum Gasteiger partial charge on any atom is 0.416 e. The van der Waals surface area contributed by atoms with Gasteiger partial charge in [0.05, 0.1) is 21.9 Å². The molecule has 0 radical (unpaired) electrons. The first-order valence-corrected chi connectivity index (χ1v) is 9.30. The maximum absolute atomic E-state index is 12.8. The fraction of sp³-hybridized carbons (Fsp3) is 0.333. The third-order valence-corrected chi connectivity index (χ3v) is 5.80. The molecule has 0 aliphatic carbocycles. The monoisotopic (exact) mass is 394 g/mol. The molecule has 4 rings (SSSR count). The van der Waals surface area contributed by atoms with Crippen molar-refractivity contribution in [3.63, 3.8) is 0 Å². The van der Waals surface area contributed by atoms with Crippen LogP contribution in [-0.4, -0.2) is 34.3 Å². The Morgan fingerprint density at radius 1 is 1.11 bits per heavy atom. The highest BCUT2D eigenvalue weighted by Gasteiger charge is 2.30. The number of anilines is 2. The second-order valence-corrected chi connectivity index (χ2v) is 7.58. The molecule has 0 bridgehead atoms. The summed E-state index contributed by atoms with van der Waals surface area (Å²) < 4.78 is 39.1. The Bertz CT molecular complexity index is 963. The highest BCUT2D eigenvalue weighted by molar-refractivity contribution is 7.22. The zero-order chi connectivity index (χ0) is 19.2. The lowest BCUT2D eigenvalue weighted by molar-refractivity contribution is -0.137. The summed E-state index contributed by atoms with van der Waals surface area (Å²) in [4.78, 5) is 11.5. The Balaban J connectivity index is 1.73. The summed E-state index contributed by atoms with van der Waals surface area (Å²) in [5, 5.41) is 9.71. The Morgan fingerprint density at radius 3 is 2.41 bits per heavy atom. The molecule has 27 heavy (non-hydrogen) atoms. The Labute approximate surface area is 157 Å². The van der Waals surface area contributed by atoms with E-state index < -0.39 is 11.7 Å². The van der Waals surface area contributed by atoms with Crippen molar-refractivity contribution < 1.29 is 18.3 Å². The van der Waals surface area contributed by atoms with Crippen LogP contribution in [0, 0.1) is 0 Å². The first kappa shape index (κ1) is 18.0. The van der Waals surface area contributed by atoms with E-state index in [1.165, 1.54) is 23.5 Å². The summed E-state index contributed by atoms with van der Waals surface area (Å²) in [5.41, 5.74) is 6.53. The van der Waals surface area contributed by atoms with Gasteiger partial charge in [-0.15, -0.1) is 11.3 Å². The van der Waals surface area contributed by atoms with E-state index in [0.29, 0.717) is 42.8 Å². The van der Waals surface area contributed by atoms with Crippen LogP contribution in [0.2, 0.25) is 0 Å². The van der Waals surface area contributed by atoms with Crippen molar-refractivity contribution >= 4 is 33.3 Å². The van der Waals surface area contributed by atoms with Gasteiger partial charge in [-0.2, -0.15) is 18.2 Å². The minimum atomic E-state index is -4.36. The number of aliphatic hydroxyl groups is 1. The van der Waals surface area contributed by atoms with Crippen LogP contribution in [0.15, 0.2) is 30.3 Å². The average molecular weight is 394 g/mol. The highest BCUT2D eigenvalue weighted by atomic mass is 32.1. The topological polar surface area (TPSA) is 75.3 Å². The number of nitrogens with two attached hydrogens (primary N) is 1. The number of thiophene rings is 1. The smallest absolute Gasteiger partial charge is 0.393 e. The quantitative estimate of drug-likeness (QED) is 0.689. The molecule has 3 heterocycles. The van der Waals surface area contributed by atoms with Gasteiger partial charge < -0.3 is 15.7 Å². The molecule has 0 saturated carbocycles. The van der Waals surface area contributed by atoms with Gasteiger partial charge in [0, 0.05) is 18.0 Å². The number of piperidine rings is 1. The third kappa shape index (κ3) is 3.57. The molecule has 1 saturated heterocycles. The molecule has 9 heteroatoms. The minimum absolute atomic E-state index is 0.153. The van der Waals surface area contributed by atoms with Crippen molar-refractivity contribution in [2.45, 2.75) is 25.1 Å². The summed E-state index contributed by atoms with van der Waals surface area (Å²) in [7, 11) is 0. The number of aliphatic hydroxyl groups excluding tert-OH is 1. The number of benzene rings is 1. The number of nitrogens with zero attached hydrogens (tertiary/aromatic N) is 3. The van der Waals surface area contributed by atoms with Crippen LogP contribution in [0.4, 0.5) is 24.9 Å². The van der Waals surface area contributed by atoms with E-state index >= 15 is 0 Å². The Morgan fingerprint density at radius 2 is 1.78 bits per heavy atom. The lowest BCUT2D eigenvalue weighted by Gasteiger charge is -2.30. The fourth-order valence-corrected chi connectivity index (χ4v) is 4.31. The molecular formula is C18H17F3N4OS. The number of rotatable bonds is 2. The van der Waals surface area contributed by atoms with Gasteiger partial charge in [-0.25, -0.2) is 4.98 Å². The number of halogens is 3. The van der Waals surface area contributed by atoms with Gasteiger partial charge >= 0.3 is 6.18 Å². The van der Waals surface area contributed by atoms with E-state index in [4.69, 9.17) is 5.73 Å². The molecule has 0 amide bonds. The molecule has 0 spiro atoms. The molecule has 1 aromatic carbocycles. The van der Waals surface area contributed by atoms with Gasteiger partial charge in [-0.05, 0) is 36.6 Å². The number of hydrogen-bond acceptors (Lipinski definition) is 6. The minimum Gasteiger partial charge on any atom is -0.393 e. The average Bonchev–Trinajstić information content (AvgIpc) is 3.05. The molecule has 5 nitrogen and oxygen atoms in total. The molecule has 2 aromatic heterocycles. The SMILES string of the molecule is Nc1nc(N2CCC(O)CC2)c2sc(-c3ccc(C(F)(F)F)cc3)cc2n1. The van der Waals surface area contributed by atoms with Gasteiger partial charge in [-0.1, -0.05) is 12.1 Å². The maximum atomic E-state index is 12.8. The Kier molecular flexibility index (Phi) is 4.43. The molecule has 0 atom stereocenters. The number of aromatic nitrogens is 2. The number of nitrogen functional groups attached to an aromatic ring is 1. The van der Waals surface area contributed by atoms with Crippen molar-refractivity contribution in [3.05, 3.63) is 35.9 Å². The third-order valence-electron chi connectivity index (χ3n) is 4.63. The number of fused-ring (bicyclic) bond motifs is 1. The second kappa shape index (κ2) is 6.65. The molecule has 1 fully saturated rings. The van der Waals surface area contributed by atoms with Crippen LogP contribution in [0.25, 0.3) is 20.7 Å². The van der Waals surface area contributed by atoms with E-state index in [1.807, 2.05) is 6.07 Å². The van der Waals surface area contributed by atoms with Crippen LogP contribution in [0.1, 0.15) is 18.4 Å². The summed E-state index contributed by atoms with van der Waals surface area (Å²) in [6.45, 7) is 1.33. The van der Waals surface area contributed by atoms with Gasteiger partial charge in [0.25, 0.3) is 0 Å². The summed E-state index contributed by atoms with van der Waals surface area (Å²) in [6.07, 6.45) is -3.35. The van der Waals surface area contributed by atoms with E-state index in [0.717, 1.165) is 21.7 Å². The molecule has 0 unspecified atom stereocenters. The lowest BCUT2D eigenvalue weighted by atomic mass is 10.1. The molecule has 3 N–H and O–H groups in total. The van der Waals surface area contributed by atoms with Gasteiger partial charge in [0.2, 0.25) is 5.95 Å².